The molecule has 2 aliphatic rings. The summed E-state index contributed by atoms with van der Waals surface area (Å²) in [6.07, 6.45) is 10.4. The van der Waals surface area contributed by atoms with Crippen molar-refractivity contribution >= 4 is 35.8 Å². The molecule has 1 atom stereocenters. The molecule has 2 fully saturated rings. The maximum atomic E-state index is 5.86. The van der Waals surface area contributed by atoms with E-state index in [0.29, 0.717) is 12.6 Å². The fourth-order valence-corrected chi connectivity index (χ4v) is 4.15. The largest absolute Gasteiger partial charge is 0.469 e. The third-order valence-electron chi connectivity index (χ3n) is 6.03. The average Bonchev–Trinajstić information content (AvgIpc) is 3.33. The Hall–Kier alpha value is -1.81. The van der Waals surface area contributed by atoms with Crippen LogP contribution in [0.5, 0.6) is 0 Å². The summed E-state index contributed by atoms with van der Waals surface area (Å²) < 4.78 is 11.3. The fraction of sp³-hybridized carbons (Fsp3) is 0.583. The molecule has 4 heterocycles. The van der Waals surface area contributed by atoms with Gasteiger partial charge >= 0.3 is 0 Å². The average molecular weight is 553 g/mol. The summed E-state index contributed by atoms with van der Waals surface area (Å²) in [6.45, 7) is 6.43. The lowest BCUT2D eigenvalue weighted by Crippen LogP contribution is -2.49. The van der Waals surface area contributed by atoms with E-state index in [1.807, 2.05) is 18.3 Å². The molecular weight excluding hydrogens is 517 g/mol. The molecular formula is C24H36IN5O2. The number of rotatable bonds is 7. The maximum Gasteiger partial charge on any atom is 0.191 e. The molecule has 7 nitrogen and oxygen atoms in total. The molecule has 2 saturated heterocycles. The third kappa shape index (κ3) is 7.65. The first-order valence-corrected chi connectivity index (χ1v) is 11.6. The highest BCUT2D eigenvalue weighted by Gasteiger charge is 2.21. The van der Waals surface area contributed by atoms with E-state index in [1.54, 1.807) is 6.26 Å². The monoisotopic (exact) mass is 553 g/mol. The Morgan fingerprint density at radius 1 is 1.19 bits per heavy atom. The summed E-state index contributed by atoms with van der Waals surface area (Å²) in [5, 5.41) is 7.15. The van der Waals surface area contributed by atoms with E-state index in [-0.39, 0.29) is 30.1 Å². The minimum absolute atomic E-state index is 0. The van der Waals surface area contributed by atoms with Crippen LogP contribution in [0.1, 0.15) is 43.4 Å². The first-order valence-electron chi connectivity index (χ1n) is 11.6. The molecule has 176 valence electrons. The second-order valence-electron chi connectivity index (χ2n) is 8.53. The molecule has 4 rings (SSSR count). The van der Waals surface area contributed by atoms with Gasteiger partial charge in [0.15, 0.2) is 5.96 Å². The van der Waals surface area contributed by atoms with Crippen LogP contribution in [0.4, 0.5) is 5.82 Å². The highest BCUT2D eigenvalue weighted by atomic mass is 127. The van der Waals surface area contributed by atoms with Gasteiger partial charge in [-0.3, -0.25) is 4.99 Å². The summed E-state index contributed by atoms with van der Waals surface area (Å²) in [6, 6.07) is 8.60. The van der Waals surface area contributed by atoms with Gasteiger partial charge in [0, 0.05) is 44.9 Å². The van der Waals surface area contributed by atoms with Gasteiger partial charge in [0.1, 0.15) is 11.6 Å². The number of aromatic nitrogens is 1. The number of aliphatic imine (C=N–C) groups is 1. The first-order chi connectivity index (χ1) is 15.3. The summed E-state index contributed by atoms with van der Waals surface area (Å²) >= 11 is 0. The van der Waals surface area contributed by atoms with Gasteiger partial charge in [0.25, 0.3) is 0 Å². The van der Waals surface area contributed by atoms with Crippen LogP contribution in [-0.4, -0.2) is 55.9 Å². The summed E-state index contributed by atoms with van der Waals surface area (Å²) in [5.74, 6) is 2.94. The lowest BCUT2D eigenvalue weighted by Gasteiger charge is -2.34. The Morgan fingerprint density at radius 3 is 2.75 bits per heavy atom. The van der Waals surface area contributed by atoms with Crippen molar-refractivity contribution in [1.29, 1.82) is 0 Å². The molecule has 0 spiro atoms. The minimum Gasteiger partial charge on any atom is -0.469 e. The third-order valence-corrected chi connectivity index (χ3v) is 6.03. The number of furan rings is 1. The number of halogens is 1. The first kappa shape index (κ1) is 24.8. The summed E-state index contributed by atoms with van der Waals surface area (Å²) in [7, 11) is 0. The normalized spacial score (nSPS) is 20.0. The molecule has 32 heavy (non-hydrogen) atoms. The van der Waals surface area contributed by atoms with Crippen molar-refractivity contribution in [3.8, 4) is 0 Å². The Morgan fingerprint density at radius 2 is 2.06 bits per heavy atom. The zero-order valence-electron chi connectivity index (χ0n) is 19.0. The van der Waals surface area contributed by atoms with Crippen LogP contribution < -0.4 is 15.5 Å². The van der Waals surface area contributed by atoms with Crippen LogP contribution in [0.2, 0.25) is 0 Å². The summed E-state index contributed by atoms with van der Waals surface area (Å²) in [4.78, 5) is 11.8. The van der Waals surface area contributed by atoms with Crippen molar-refractivity contribution in [2.24, 2.45) is 4.99 Å². The van der Waals surface area contributed by atoms with E-state index in [1.165, 1.54) is 18.4 Å². The molecule has 0 bridgehead atoms. The van der Waals surface area contributed by atoms with Gasteiger partial charge in [-0.1, -0.05) is 6.07 Å². The van der Waals surface area contributed by atoms with Crippen LogP contribution in [-0.2, 0) is 11.2 Å². The molecule has 0 aromatic carbocycles. The lowest BCUT2D eigenvalue weighted by atomic mass is 10.1. The van der Waals surface area contributed by atoms with Gasteiger partial charge in [0.2, 0.25) is 0 Å². The van der Waals surface area contributed by atoms with Crippen molar-refractivity contribution in [1.82, 2.24) is 15.6 Å². The van der Waals surface area contributed by atoms with Crippen molar-refractivity contribution in [3.05, 3.63) is 48.0 Å². The molecule has 2 aliphatic heterocycles. The van der Waals surface area contributed by atoms with E-state index in [0.717, 1.165) is 69.5 Å². The smallest absolute Gasteiger partial charge is 0.191 e. The van der Waals surface area contributed by atoms with Crippen molar-refractivity contribution in [2.75, 3.05) is 37.7 Å². The van der Waals surface area contributed by atoms with Crippen LogP contribution in [0.25, 0.3) is 0 Å². The highest BCUT2D eigenvalue weighted by molar-refractivity contribution is 14.0. The topological polar surface area (TPSA) is 74.9 Å². The van der Waals surface area contributed by atoms with Gasteiger partial charge in [-0.15, -0.1) is 24.0 Å². The fourth-order valence-electron chi connectivity index (χ4n) is 4.15. The number of anilines is 1. The number of hydrogen-bond acceptors (Lipinski definition) is 5. The number of guanidine groups is 1. The Labute approximate surface area is 208 Å². The van der Waals surface area contributed by atoms with Gasteiger partial charge in [-0.05, 0) is 62.8 Å². The van der Waals surface area contributed by atoms with Crippen LogP contribution in [0.15, 0.2) is 46.1 Å². The molecule has 0 aliphatic carbocycles. The van der Waals surface area contributed by atoms with Crippen molar-refractivity contribution in [3.63, 3.8) is 0 Å². The van der Waals surface area contributed by atoms with E-state index in [9.17, 15) is 0 Å². The zero-order valence-corrected chi connectivity index (χ0v) is 21.3. The number of aryl methyl sites for hydroxylation is 1. The predicted octanol–water partition coefficient (Wildman–Crippen LogP) is 3.92. The predicted molar refractivity (Wildman–Crippen MR) is 139 cm³/mol. The van der Waals surface area contributed by atoms with Crippen molar-refractivity contribution in [2.45, 2.75) is 57.6 Å². The number of pyridine rings is 1. The molecule has 0 radical (unpaired) electrons. The number of piperidine rings is 1. The molecule has 0 amide bonds. The van der Waals surface area contributed by atoms with Gasteiger partial charge in [-0.2, -0.15) is 0 Å². The van der Waals surface area contributed by atoms with Crippen LogP contribution >= 0.6 is 24.0 Å². The summed E-state index contributed by atoms with van der Waals surface area (Å²) in [5.41, 5.74) is 1.20. The standard InChI is InChI=1S/C24H35N5O2.HI/c1-19-7-8-23(26-17-19)29-13-10-20(11-14-29)28-24(25-12-9-21-6-4-16-30-21)27-18-22-5-2-3-15-31-22;/h4,6-8,16-17,20,22H,2-3,5,9-15,18H2,1H3,(H2,25,27,28);1H. The molecule has 0 saturated carbocycles. The second kappa shape index (κ2) is 13.0. The van der Waals surface area contributed by atoms with Crippen LogP contribution in [0, 0.1) is 6.92 Å². The van der Waals surface area contributed by atoms with Crippen molar-refractivity contribution < 1.29 is 9.15 Å². The Bertz CT molecular complexity index is 798. The van der Waals surface area contributed by atoms with Crippen LogP contribution in [0.3, 0.4) is 0 Å². The maximum absolute atomic E-state index is 5.86. The SMILES string of the molecule is Cc1ccc(N2CCC(NC(=NCC3CCCCO3)NCCc3ccco3)CC2)nc1.I. The second-order valence-corrected chi connectivity index (χ2v) is 8.53. The molecule has 1 unspecified atom stereocenters. The zero-order chi connectivity index (χ0) is 21.3. The number of nitrogens with zero attached hydrogens (tertiary/aromatic N) is 3. The molecule has 2 N–H and O–H groups in total. The number of hydrogen-bond donors (Lipinski definition) is 2. The van der Waals surface area contributed by atoms with Gasteiger partial charge in [-0.25, -0.2) is 4.98 Å². The number of nitrogens with one attached hydrogen (secondary N) is 2. The van der Waals surface area contributed by atoms with Gasteiger partial charge in [0.05, 0.1) is 18.9 Å². The number of ether oxygens (including phenoxy) is 1. The molecule has 8 heteroatoms. The van der Waals surface area contributed by atoms with E-state index in [2.05, 4.69) is 39.6 Å². The Kier molecular flexibility index (Phi) is 10.1. The van der Waals surface area contributed by atoms with E-state index in [4.69, 9.17) is 14.1 Å². The Balaban J connectivity index is 0.00000289. The van der Waals surface area contributed by atoms with E-state index >= 15 is 0 Å². The highest BCUT2D eigenvalue weighted by Crippen LogP contribution is 2.18. The van der Waals surface area contributed by atoms with Gasteiger partial charge < -0.3 is 24.7 Å². The van der Waals surface area contributed by atoms with E-state index < -0.39 is 0 Å². The lowest BCUT2D eigenvalue weighted by molar-refractivity contribution is 0.0224. The molecule has 2 aromatic heterocycles. The molecule has 2 aromatic rings. The quantitative estimate of drug-likeness (QED) is 0.308. The minimum atomic E-state index is 0.